The van der Waals surface area contributed by atoms with Crippen LogP contribution in [0.15, 0.2) is 15.2 Å². The summed E-state index contributed by atoms with van der Waals surface area (Å²) in [4.78, 5) is 12.2. The summed E-state index contributed by atoms with van der Waals surface area (Å²) in [6.07, 6.45) is 2.26. The summed E-state index contributed by atoms with van der Waals surface area (Å²) in [5.74, 6) is 0.617. The molecule has 1 heterocycles. The van der Waals surface area contributed by atoms with Gasteiger partial charge in [-0.25, -0.2) is 0 Å². The van der Waals surface area contributed by atoms with Crippen molar-refractivity contribution in [1.29, 1.82) is 0 Å². The molecule has 0 radical (unpaired) electrons. The highest BCUT2D eigenvalue weighted by atomic mass is 79.9. The zero-order valence-electron chi connectivity index (χ0n) is 10.0. The number of alkyl halides is 1. The summed E-state index contributed by atoms with van der Waals surface area (Å²) in [6.45, 7) is 5.04. The van der Waals surface area contributed by atoms with E-state index in [9.17, 15) is 4.79 Å². The van der Waals surface area contributed by atoms with Crippen LogP contribution in [-0.2, 0) is 0 Å². The van der Waals surface area contributed by atoms with Gasteiger partial charge in [0.1, 0.15) is 0 Å². The van der Waals surface area contributed by atoms with Crippen LogP contribution >= 0.6 is 43.2 Å². The number of amides is 1. The molecule has 1 unspecified atom stereocenters. The van der Waals surface area contributed by atoms with Crippen LogP contribution in [0.2, 0.25) is 0 Å². The van der Waals surface area contributed by atoms with Gasteiger partial charge in [0, 0.05) is 16.8 Å². The van der Waals surface area contributed by atoms with E-state index in [-0.39, 0.29) is 5.91 Å². The van der Waals surface area contributed by atoms with E-state index in [4.69, 9.17) is 0 Å². The second-order valence-corrected chi connectivity index (χ2v) is 7.41. The second-order valence-electron chi connectivity index (χ2n) is 3.94. The Balaban J connectivity index is 2.43. The Labute approximate surface area is 123 Å². The molecule has 0 bridgehead atoms. The lowest BCUT2D eigenvalue weighted by atomic mass is 9.99. The Bertz CT molecular complexity index is 363. The molecule has 0 fully saturated rings. The number of thiophene rings is 1. The van der Waals surface area contributed by atoms with E-state index in [1.54, 1.807) is 0 Å². The molecule has 1 rings (SSSR count). The molecule has 0 aliphatic rings. The van der Waals surface area contributed by atoms with Crippen LogP contribution in [0.5, 0.6) is 0 Å². The molecule has 0 aromatic carbocycles. The van der Waals surface area contributed by atoms with Gasteiger partial charge < -0.3 is 5.32 Å². The lowest BCUT2D eigenvalue weighted by molar-refractivity contribution is 0.0952. The molecule has 1 aromatic heterocycles. The molecule has 5 heteroatoms. The van der Waals surface area contributed by atoms with E-state index in [0.717, 1.165) is 22.2 Å². The van der Waals surface area contributed by atoms with Gasteiger partial charge in [0.15, 0.2) is 0 Å². The molecule has 0 aliphatic carbocycles. The predicted molar refractivity (Wildman–Crippen MR) is 81.1 cm³/mol. The smallest absolute Gasteiger partial charge is 0.252 e. The molecular formula is C12H17Br2NOS. The second kappa shape index (κ2) is 7.54. The summed E-state index contributed by atoms with van der Waals surface area (Å²) in [7, 11) is 0. The van der Waals surface area contributed by atoms with Crippen molar-refractivity contribution in [2.24, 2.45) is 5.92 Å². The molecular weight excluding hydrogens is 366 g/mol. The fourth-order valence-electron chi connectivity index (χ4n) is 1.69. The molecule has 2 nitrogen and oxygen atoms in total. The zero-order chi connectivity index (χ0) is 12.8. The summed E-state index contributed by atoms with van der Waals surface area (Å²) >= 11 is 8.53. The standard InChI is InChI=1S/C12H17Br2NOS/c1-3-8(4-2)10(13)6-15-12(16)9-5-11(14)17-7-9/h5,7-8,10H,3-4,6H2,1-2H3,(H,15,16). The van der Waals surface area contributed by atoms with Crippen LogP contribution < -0.4 is 5.32 Å². The first-order valence-corrected chi connectivity index (χ1v) is 8.33. The Morgan fingerprint density at radius 2 is 2.12 bits per heavy atom. The number of carbonyl (C=O) groups excluding carboxylic acids is 1. The SMILES string of the molecule is CCC(CC)C(Br)CNC(=O)c1csc(Br)c1. The van der Waals surface area contributed by atoms with Crippen molar-refractivity contribution in [2.45, 2.75) is 31.5 Å². The molecule has 0 saturated heterocycles. The minimum Gasteiger partial charge on any atom is -0.351 e. The van der Waals surface area contributed by atoms with Gasteiger partial charge in [-0.3, -0.25) is 4.79 Å². The Hall–Kier alpha value is 0.130. The monoisotopic (exact) mass is 381 g/mol. The summed E-state index contributed by atoms with van der Waals surface area (Å²) in [6, 6.07) is 1.85. The van der Waals surface area contributed by atoms with Gasteiger partial charge in [-0.15, -0.1) is 11.3 Å². The number of halogens is 2. The normalized spacial score (nSPS) is 12.8. The maximum Gasteiger partial charge on any atom is 0.252 e. The average Bonchev–Trinajstić information content (AvgIpc) is 2.74. The van der Waals surface area contributed by atoms with Crippen molar-refractivity contribution in [1.82, 2.24) is 5.32 Å². The van der Waals surface area contributed by atoms with E-state index in [0.29, 0.717) is 17.3 Å². The van der Waals surface area contributed by atoms with Crippen molar-refractivity contribution in [3.8, 4) is 0 Å². The fourth-order valence-corrected chi connectivity index (χ4v) is 3.73. The van der Waals surface area contributed by atoms with E-state index in [1.807, 2.05) is 11.4 Å². The quantitative estimate of drug-likeness (QED) is 0.724. The van der Waals surface area contributed by atoms with Crippen LogP contribution in [0, 0.1) is 5.92 Å². The van der Waals surface area contributed by atoms with Crippen LogP contribution in [0.4, 0.5) is 0 Å². The molecule has 1 amide bonds. The van der Waals surface area contributed by atoms with Crippen molar-refractivity contribution in [3.05, 3.63) is 20.8 Å². The highest BCUT2D eigenvalue weighted by molar-refractivity contribution is 9.11. The van der Waals surface area contributed by atoms with Gasteiger partial charge in [0.05, 0.1) is 9.35 Å². The highest BCUT2D eigenvalue weighted by Gasteiger charge is 2.16. The number of rotatable bonds is 6. The van der Waals surface area contributed by atoms with E-state index < -0.39 is 0 Å². The predicted octanol–water partition coefficient (Wildman–Crippen LogP) is 4.44. The first kappa shape index (κ1) is 15.2. The van der Waals surface area contributed by atoms with E-state index in [2.05, 4.69) is 51.0 Å². The average molecular weight is 383 g/mol. The van der Waals surface area contributed by atoms with E-state index >= 15 is 0 Å². The maximum absolute atomic E-state index is 11.8. The van der Waals surface area contributed by atoms with Crippen molar-refractivity contribution in [3.63, 3.8) is 0 Å². The van der Waals surface area contributed by atoms with Crippen LogP contribution in [0.1, 0.15) is 37.0 Å². The highest BCUT2D eigenvalue weighted by Crippen LogP contribution is 2.21. The molecule has 0 spiro atoms. The molecule has 1 N–H and O–H groups in total. The Kier molecular flexibility index (Phi) is 6.74. The molecule has 1 atom stereocenters. The zero-order valence-corrected chi connectivity index (χ0v) is 14.0. The number of nitrogens with one attached hydrogen (secondary N) is 1. The first-order valence-electron chi connectivity index (χ1n) is 5.74. The summed E-state index contributed by atoms with van der Waals surface area (Å²) in [5.41, 5.74) is 0.728. The topological polar surface area (TPSA) is 29.1 Å². The fraction of sp³-hybridized carbons (Fsp3) is 0.583. The van der Waals surface area contributed by atoms with Crippen LogP contribution in [-0.4, -0.2) is 17.3 Å². The van der Waals surface area contributed by atoms with Crippen LogP contribution in [0.25, 0.3) is 0 Å². The molecule has 0 aliphatic heterocycles. The van der Waals surface area contributed by atoms with Crippen molar-refractivity contribution in [2.75, 3.05) is 6.54 Å². The van der Waals surface area contributed by atoms with Gasteiger partial charge >= 0.3 is 0 Å². The van der Waals surface area contributed by atoms with Gasteiger partial charge in [-0.05, 0) is 27.9 Å². The third-order valence-corrected chi connectivity index (χ3v) is 5.42. The Morgan fingerprint density at radius 3 is 2.59 bits per heavy atom. The lowest BCUT2D eigenvalue weighted by Crippen LogP contribution is -2.32. The maximum atomic E-state index is 11.8. The van der Waals surface area contributed by atoms with Gasteiger partial charge in [-0.1, -0.05) is 42.6 Å². The lowest BCUT2D eigenvalue weighted by Gasteiger charge is -2.19. The van der Waals surface area contributed by atoms with Gasteiger partial charge in [0.25, 0.3) is 5.91 Å². The minimum absolute atomic E-state index is 0.00218. The molecule has 17 heavy (non-hydrogen) atoms. The Morgan fingerprint density at radius 1 is 1.47 bits per heavy atom. The summed E-state index contributed by atoms with van der Waals surface area (Å²) in [5, 5.41) is 4.82. The number of hydrogen-bond acceptors (Lipinski definition) is 2. The number of carbonyl (C=O) groups is 1. The van der Waals surface area contributed by atoms with Crippen LogP contribution in [0.3, 0.4) is 0 Å². The first-order chi connectivity index (χ1) is 8.08. The van der Waals surface area contributed by atoms with Gasteiger partial charge in [-0.2, -0.15) is 0 Å². The summed E-state index contributed by atoms with van der Waals surface area (Å²) < 4.78 is 0.984. The molecule has 0 saturated carbocycles. The third kappa shape index (κ3) is 4.72. The molecule has 1 aromatic rings. The number of hydrogen-bond donors (Lipinski definition) is 1. The van der Waals surface area contributed by atoms with E-state index in [1.165, 1.54) is 11.3 Å². The third-order valence-electron chi connectivity index (χ3n) is 2.85. The van der Waals surface area contributed by atoms with Crippen molar-refractivity contribution >= 4 is 49.1 Å². The van der Waals surface area contributed by atoms with Gasteiger partial charge in [0.2, 0.25) is 0 Å². The van der Waals surface area contributed by atoms with Crippen molar-refractivity contribution < 1.29 is 4.79 Å². The molecule has 96 valence electrons. The minimum atomic E-state index is 0.00218. The largest absolute Gasteiger partial charge is 0.351 e.